The van der Waals surface area contributed by atoms with Crippen molar-refractivity contribution < 1.29 is 9.53 Å². The van der Waals surface area contributed by atoms with Crippen LogP contribution in [-0.2, 0) is 9.53 Å². The Bertz CT molecular complexity index is 302. The molecule has 2 rings (SSSR count). The van der Waals surface area contributed by atoms with Gasteiger partial charge in [-0.05, 0) is 31.6 Å². The van der Waals surface area contributed by atoms with E-state index in [1.807, 2.05) is 11.9 Å². The molecule has 104 valence electrons. The minimum absolute atomic E-state index is 0.140. The lowest BCUT2D eigenvalue weighted by molar-refractivity contribution is -0.141. The first-order chi connectivity index (χ1) is 8.53. The van der Waals surface area contributed by atoms with Gasteiger partial charge in [-0.15, -0.1) is 0 Å². The van der Waals surface area contributed by atoms with Crippen LogP contribution in [-0.4, -0.2) is 42.6 Å². The highest BCUT2D eigenvalue weighted by Gasteiger charge is 2.41. The number of nitrogens with two attached hydrogens (primary N) is 1. The molecule has 2 atom stereocenters. The Balaban J connectivity index is 2.00. The number of carbonyl (C=O) groups excluding carboxylic acids is 1. The summed E-state index contributed by atoms with van der Waals surface area (Å²) < 4.78 is 5.35. The summed E-state index contributed by atoms with van der Waals surface area (Å²) >= 11 is 0. The zero-order valence-corrected chi connectivity index (χ0v) is 11.7. The number of ether oxygens (including phenoxy) is 1. The number of carbonyl (C=O) groups is 1. The first-order valence-corrected chi connectivity index (χ1v) is 7.17. The van der Waals surface area contributed by atoms with Crippen LogP contribution in [0.5, 0.6) is 0 Å². The zero-order chi connectivity index (χ0) is 13.2. The van der Waals surface area contributed by atoms with Gasteiger partial charge in [-0.2, -0.15) is 0 Å². The molecule has 0 bridgehead atoms. The van der Waals surface area contributed by atoms with E-state index in [4.69, 9.17) is 10.5 Å². The van der Waals surface area contributed by atoms with Gasteiger partial charge >= 0.3 is 0 Å². The summed E-state index contributed by atoms with van der Waals surface area (Å²) in [5, 5.41) is 0. The molecule has 2 N–H and O–H groups in total. The lowest BCUT2D eigenvalue weighted by Gasteiger charge is -2.41. The van der Waals surface area contributed by atoms with Gasteiger partial charge in [-0.3, -0.25) is 4.79 Å². The second-order valence-electron chi connectivity index (χ2n) is 6.12. The molecule has 0 aromatic rings. The molecule has 0 spiro atoms. The van der Waals surface area contributed by atoms with Gasteiger partial charge in [0.1, 0.15) is 0 Å². The van der Waals surface area contributed by atoms with Crippen molar-refractivity contribution in [2.24, 2.45) is 11.7 Å². The number of likely N-dealkylation sites (N-methyl/N-ethyl adjacent to an activating group) is 1. The molecule has 0 aromatic heterocycles. The third kappa shape index (κ3) is 2.86. The van der Waals surface area contributed by atoms with E-state index in [2.05, 4.69) is 6.92 Å². The highest BCUT2D eigenvalue weighted by molar-refractivity contribution is 5.86. The SMILES string of the molecule is CC1CCCC(N)(C(=O)N(C)C2CCOCC2)C1. The quantitative estimate of drug-likeness (QED) is 0.813. The molecule has 2 unspecified atom stereocenters. The third-order valence-electron chi connectivity index (χ3n) is 4.52. The van der Waals surface area contributed by atoms with Crippen LogP contribution in [0.1, 0.15) is 45.4 Å². The first kappa shape index (κ1) is 13.8. The second-order valence-corrected chi connectivity index (χ2v) is 6.12. The monoisotopic (exact) mass is 254 g/mol. The van der Waals surface area contributed by atoms with E-state index in [-0.39, 0.29) is 5.91 Å². The van der Waals surface area contributed by atoms with Crippen molar-refractivity contribution in [1.82, 2.24) is 4.90 Å². The maximum absolute atomic E-state index is 12.6. The van der Waals surface area contributed by atoms with Crippen LogP contribution < -0.4 is 5.73 Å². The predicted molar refractivity (Wildman–Crippen MR) is 71.2 cm³/mol. The fourth-order valence-electron chi connectivity index (χ4n) is 3.38. The van der Waals surface area contributed by atoms with Gasteiger partial charge in [0.15, 0.2) is 0 Å². The van der Waals surface area contributed by atoms with Crippen LogP contribution in [0.3, 0.4) is 0 Å². The Morgan fingerprint density at radius 1 is 1.33 bits per heavy atom. The molecule has 1 heterocycles. The van der Waals surface area contributed by atoms with E-state index >= 15 is 0 Å². The minimum atomic E-state index is -0.620. The van der Waals surface area contributed by atoms with E-state index in [1.54, 1.807) is 0 Å². The highest BCUT2D eigenvalue weighted by atomic mass is 16.5. The molecule has 18 heavy (non-hydrogen) atoms. The summed E-state index contributed by atoms with van der Waals surface area (Å²) in [7, 11) is 1.91. The van der Waals surface area contributed by atoms with E-state index < -0.39 is 5.54 Å². The van der Waals surface area contributed by atoms with E-state index in [1.165, 1.54) is 6.42 Å². The Morgan fingerprint density at radius 2 is 2.00 bits per heavy atom. The Morgan fingerprint density at radius 3 is 2.61 bits per heavy atom. The average Bonchev–Trinajstić information content (AvgIpc) is 2.38. The largest absolute Gasteiger partial charge is 0.381 e. The number of hydrogen-bond donors (Lipinski definition) is 1. The van der Waals surface area contributed by atoms with E-state index in [9.17, 15) is 4.79 Å². The fourth-order valence-corrected chi connectivity index (χ4v) is 3.38. The summed E-state index contributed by atoms with van der Waals surface area (Å²) in [5.74, 6) is 0.705. The summed E-state index contributed by atoms with van der Waals surface area (Å²) in [6, 6.07) is 0.309. The van der Waals surface area contributed by atoms with Crippen LogP contribution in [0, 0.1) is 5.92 Å². The summed E-state index contributed by atoms with van der Waals surface area (Å²) in [5.41, 5.74) is 5.76. The Hall–Kier alpha value is -0.610. The van der Waals surface area contributed by atoms with E-state index in [0.717, 1.165) is 45.3 Å². The molecule has 0 aromatic carbocycles. The molecule has 4 heteroatoms. The van der Waals surface area contributed by atoms with Crippen LogP contribution >= 0.6 is 0 Å². The van der Waals surface area contributed by atoms with Crippen molar-refractivity contribution in [2.45, 2.75) is 57.0 Å². The lowest BCUT2D eigenvalue weighted by Crippen LogP contribution is -2.58. The van der Waals surface area contributed by atoms with Crippen molar-refractivity contribution in [1.29, 1.82) is 0 Å². The normalized spacial score (nSPS) is 34.3. The van der Waals surface area contributed by atoms with Crippen molar-refractivity contribution in [3.8, 4) is 0 Å². The van der Waals surface area contributed by atoms with Gasteiger partial charge in [-0.1, -0.05) is 19.8 Å². The standard InChI is InChI=1S/C14H26N2O2/c1-11-4-3-7-14(15,10-11)13(17)16(2)12-5-8-18-9-6-12/h11-12H,3-10,15H2,1-2H3. The van der Waals surface area contributed by atoms with Crippen LogP contribution in [0.2, 0.25) is 0 Å². The molecule has 1 saturated carbocycles. The van der Waals surface area contributed by atoms with Crippen molar-refractivity contribution >= 4 is 5.91 Å². The Kier molecular flexibility index (Phi) is 4.28. The van der Waals surface area contributed by atoms with Crippen LogP contribution in [0.4, 0.5) is 0 Å². The minimum Gasteiger partial charge on any atom is -0.381 e. The van der Waals surface area contributed by atoms with Gasteiger partial charge in [0.05, 0.1) is 5.54 Å². The number of amides is 1. The highest BCUT2D eigenvalue weighted by Crippen LogP contribution is 2.32. The first-order valence-electron chi connectivity index (χ1n) is 7.17. The molecule has 0 radical (unpaired) electrons. The number of nitrogens with zero attached hydrogens (tertiary/aromatic N) is 1. The summed E-state index contributed by atoms with van der Waals surface area (Å²) in [6.07, 6.45) is 5.82. The molecule has 4 nitrogen and oxygen atoms in total. The van der Waals surface area contributed by atoms with Gasteiger partial charge in [-0.25, -0.2) is 0 Å². The molecule has 2 fully saturated rings. The second kappa shape index (κ2) is 5.57. The molecule has 1 aliphatic carbocycles. The third-order valence-corrected chi connectivity index (χ3v) is 4.52. The van der Waals surface area contributed by atoms with Gasteiger partial charge < -0.3 is 15.4 Å². The van der Waals surface area contributed by atoms with Gasteiger partial charge in [0, 0.05) is 26.3 Å². The van der Waals surface area contributed by atoms with Crippen molar-refractivity contribution in [3.05, 3.63) is 0 Å². The van der Waals surface area contributed by atoms with Gasteiger partial charge in [0.25, 0.3) is 0 Å². The Labute approximate surface area is 110 Å². The maximum atomic E-state index is 12.6. The number of rotatable bonds is 2. The average molecular weight is 254 g/mol. The van der Waals surface area contributed by atoms with Crippen molar-refractivity contribution in [3.63, 3.8) is 0 Å². The maximum Gasteiger partial charge on any atom is 0.242 e. The summed E-state index contributed by atoms with van der Waals surface area (Å²) in [4.78, 5) is 14.5. The van der Waals surface area contributed by atoms with Crippen LogP contribution in [0.15, 0.2) is 0 Å². The fraction of sp³-hybridized carbons (Fsp3) is 0.929. The van der Waals surface area contributed by atoms with Crippen LogP contribution in [0.25, 0.3) is 0 Å². The van der Waals surface area contributed by atoms with E-state index in [0.29, 0.717) is 12.0 Å². The molecule has 2 aliphatic rings. The predicted octanol–water partition coefficient (Wildman–Crippen LogP) is 1.53. The molecule has 1 aliphatic heterocycles. The zero-order valence-electron chi connectivity index (χ0n) is 11.7. The molecular formula is C14H26N2O2. The lowest BCUT2D eigenvalue weighted by atomic mass is 9.76. The van der Waals surface area contributed by atoms with Crippen molar-refractivity contribution in [2.75, 3.05) is 20.3 Å². The molecular weight excluding hydrogens is 228 g/mol. The summed E-state index contributed by atoms with van der Waals surface area (Å²) in [6.45, 7) is 3.72. The smallest absolute Gasteiger partial charge is 0.242 e. The molecule has 1 saturated heterocycles. The van der Waals surface area contributed by atoms with Gasteiger partial charge in [0.2, 0.25) is 5.91 Å². The molecule has 1 amide bonds. The topological polar surface area (TPSA) is 55.6 Å². The number of hydrogen-bond acceptors (Lipinski definition) is 3.